The minimum absolute atomic E-state index is 0.0510. The molecule has 220 valence electrons. The predicted molar refractivity (Wildman–Crippen MR) is 153 cm³/mol. The van der Waals surface area contributed by atoms with Gasteiger partial charge in [-0.15, -0.1) is 6.58 Å². The van der Waals surface area contributed by atoms with Gasteiger partial charge in [0.25, 0.3) is 0 Å². The number of nitrogens with one attached hydrogen (secondary N) is 1. The van der Waals surface area contributed by atoms with Crippen LogP contribution in [0.2, 0.25) is 0 Å². The van der Waals surface area contributed by atoms with Gasteiger partial charge in [0.15, 0.2) is 5.78 Å². The average molecular weight is 633 g/mol. The summed E-state index contributed by atoms with van der Waals surface area (Å²) in [4.78, 5) is 57.3. The first kappa shape index (κ1) is 30.3. The topological polar surface area (TPSA) is 133 Å². The molecule has 12 heteroatoms. The lowest BCUT2D eigenvalue weighted by Gasteiger charge is -2.28. The lowest BCUT2D eigenvalue weighted by atomic mass is 10.1. The number of hydrogen-bond donors (Lipinski definition) is 1. The van der Waals surface area contributed by atoms with Crippen LogP contribution in [0.4, 0.5) is 4.79 Å². The van der Waals surface area contributed by atoms with Gasteiger partial charge in [0.05, 0.1) is 31.6 Å². The summed E-state index contributed by atoms with van der Waals surface area (Å²) >= 11 is 3.17. The molecule has 0 spiro atoms. The smallest absolute Gasteiger partial charge is 0.411 e. The zero-order chi connectivity index (χ0) is 30.1. The number of esters is 1. The van der Waals surface area contributed by atoms with Crippen LogP contribution in [0.25, 0.3) is 10.9 Å². The summed E-state index contributed by atoms with van der Waals surface area (Å²) in [6.45, 7) is 9.00. The third-order valence-corrected chi connectivity index (χ3v) is 7.58. The van der Waals surface area contributed by atoms with E-state index in [2.05, 4.69) is 32.8 Å². The molecule has 1 aromatic heterocycles. The number of likely N-dealkylation sites (tertiary alicyclic amines) is 1. The highest BCUT2D eigenvalue weighted by Crippen LogP contribution is 2.45. The maximum Gasteiger partial charge on any atom is 0.411 e. The van der Waals surface area contributed by atoms with E-state index in [1.165, 1.54) is 19.1 Å². The van der Waals surface area contributed by atoms with E-state index in [-0.39, 0.29) is 30.0 Å². The van der Waals surface area contributed by atoms with Gasteiger partial charge in [-0.2, -0.15) is 0 Å². The van der Waals surface area contributed by atoms with Crippen LogP contribution in [0.1, 0.15) is 44.1 Å². The van der Waals surface area contributed by atoms with E-state index in [1.807, 2.05) is 0 Å². The quantitative estimate of drug-likeness (QED) is 0.190. The summed E-state index contributed by atoms with van der Waals surface area (Å²) in [7, 11) is 2.76. The Bertz CT molecular complexity index is 1390. The Balaban J connectivity index is 1.63. The molecular weight excluding hydrogens is 598 g/mol. The normalized spacial score (nSPS) is 23.5. The molecule has 11 nitrogen and oxygen atoms in total. The fourth-order valence-corrected chi connectivity index (χ4v) is 5.22. The molecule has 1 saturated carbocycles. The number of alkyl halides is 1. The van der Waals surface area contributed by atoms with Crippen LogP contribution < -0.4 is 14.8 Å². The van der Waals surface area contributed by atoms with Crippen LogP contribution in [0, 0.1) is 5.92 Å². The second-order valence-corrected chi connectivity index (χ2v) is 11.6. The van der Waals surface area contributed by atoms with Crippen molar-refractivity contribution in [2.45, 2.75) is 56.9 Å². The van der Waals surface area contributed by atoms with E-state index in [0.29, 0.717) is 34.5 Å². The van der Waals surface area contributed by atoms with Crippen molar-refractivity contribution in [3.05, 3.63) is 42.6 Å². The molecule has 2 heterocycles. The first-order valence-electron chi connectivity index (χ1n) is 13.1. The van der Waals surface area contributed by atoms with Gasteiger partial charge < -0.3 is 24.3 Å². The molecule has 2 amide bonds. The lowest BCUT2D eigenvalue weighted by Crippen LogP contribution is -2.53. The molecule has 2 aromatic rings. The number of ketones is 1. The minimum Gasteiger partial charge on any atom is -0.497 e. The van der Waals surface area contributed by atoms with E-state index in [4.69, 9.17) is 18.9 Å². The number of carbonyl (C=O) groups excluding carboxylic acids is 4. The van der Waals surface area contributed by atoms with Crippen LogP contribution >= 0.6 is 15.9 Å². The molecule has 1 aliphatic heterocycles. The van der Waals surface area contributed by atoms with Gasteiger partial charge in [-0.25, -0.2) is 14.6 Å². The van der Waals surface area contributed by atoms with Crippen molar-refractivity contribution < 1.29 is 38.1 Å². The van der Waals surface area contributed by atoms with Gasteiger partial charge in [0.2, 0.25) is 5.91 Å². The van der Waals surface area contributed by atoms with Crippen molar-refractivity contribution in [2.75, 3.05) is 26.1 Å². The molecule has 0 bridgehead atoms. The van der Waals surface area contributed by atoms with Crippen molar-refractivity contribution in [2.24, 2.45) is 5.92 Å². The summed E-state index contributed by atoms with van der Waals surface area (Å²) in [5.74, 6) is -0.665. The van der Waals surface area contributed by atoms with Crippen molar-refractivity contribution in [1.29, 1.82) is 0 Å². The van der Waals surface area contributed by atoms with Crippen molar-refractivity contribution in [3.63, 3.8) is 0 Å². The van der Waals surface area contributed by atoms with E-state index in [1.54, 1.807) is 51.1 Å². The number of aromatic nitrogens is 1. The number of halogens is 1. The summed E-state index contributed by atoms with van der Waals surface area (Å²) in [6.07, 6.45) is 0.800. The lowest BCUT2D eigenvalue weighted by molar-refractivity contribution is -0.147. The predicted octanol–water partition coefficient (Wildman–Crippen LogP) is 3.81. The Morgan fingerprint density at radius 1 is 1.22 bits per heavy atom. The minimum atomic E-state index is -1.22. The fourth-order valence-electron chi connectivity index (χ4n) is 4.94. The Hall–Kier alpha value is -3.67. The summed E-state index contributed by atoms with van der Waals surface area (Å²) in [5.41, 5.74) is -1.23. The third kappa shape index (κ3) is 6.32. The number of carbonyl (C=O) groups is 4. The van der Waals surface area contributed by atoms with Gasteiger partial charge in [0.1, 0.15) is 40.5 Å². The first-order valence-corrected chi connectivity index (χ1v) is 14.2. The molecule has 2 aliphatic rings. The number of amides is 2. The highest BCUT2D eigenvalue weighted by atomic mass is 79.9. The Morgan fingerprint density at radius 3 is 2.54 bits per heavy atom. The van der Waals surface area contributed by atoms with Crippen molar-refractivity contribution in [3.8, 4) is 11.5 Å². The number of benzene rings is 1. The fraction of sp³-hybridized carbons (Fsp3) is 0.483. The Kier molecular flexibility index (Phi) is 8.62. The van der Waals surface area contributed by atoms with Crippen LogP contribution in [0.15, 0.2) is 36.9 Å². The van der Waals surface area contributed by atoms with E-state index in [0.717, 1.165) is 0 Å². The number of hydrogen-bond acceptors (Lipinski definition) is 9. The summed E-state index contributed by atoms with van der Waals surface area (Å²) in [5, 5.41) is 3.57. The molecule has 1 aliphatic carbocycles. The number of nitrogens with zero attached hydrogens (tertiary/aromatic N) is 2. The SMILES string of the molecule is C=CC1C[C@]1(NC(=O)[C@@H]1C[C@@H](Oc2cc(OC)cc3nc(C(=O)CBr)ccc23)CN1C(=O)OC(C)(C)C)C(=O)OC. The maximum absolute atomic E-state index is 13.6. The van der Waals surface area contributed by atoms with Gasteiger partial charge in [0, 0.05) is 29.9 Å². The molecule has 0 radical (unpaired) electrons. The summed E-state index contributed by atoms with van der Waals surface area (Å²) in [6, 6.07) is 5.76. The molecule has 2 fully saturated rings. The molecule has 41 heavy (non-hydrogen) atoms. The zero-order valence-corrected chi connectivity index (χ0v) is 25.3. The standard InChI is InChI=1S/C29H34BrN3O8/c1-7-16-13-29(16,26(36)39-6)32-25(35)22-11-18(15-33(22)27(37)41-28(2,3)4)40-24-12-17(38-5)10-21-19(24)8-9-20(31-21)23(34)14-30/h7-10,12,16,18,22H,1,11,13-15H2,2-6H3,(H,32,35)/t16?,18-,22+,29-/m1/s1. The number of Topliss-reactive ketones (excluding diaryl/α,β-unsaturated/α-hetero) is 1. The van der Waals surface area contributed by atoms with Crippen LogP contribution in [0.5, 0.6) is 11.5 Å². The molecule has 4 rings (SSSR count). The molecule has 1 N–H and O–H groups in total. The molecule has 1 saturated heterocycles. The molecule has 1 aromatic carbocycles. The molecule has 1 unspecified atom stereocenters. The van der Waals surface area contributed by atoms with E-state index < -0.39 is 41.3 Å². The van der Waals surface area contributed by atoms with Crippen LogP contribution in [0.3, 0.4) is 0 Å². The Morgan fingerprint density at radius 2 is 1.95 bits per heavy atom. The maximum atomic E-state index is 13.6. The summed E-state index contributed by atoms with van der Waals surface area (Å²) < 4.78 is 22.3. The number of fused-ring (bicyclic) bond motifs is 1. The number of rotatable bonds is 9. The first-order chi connectivity index (χ1) is 19.3. The average Bonchev–Trinajstić information content (AvgIpc) is 3.48. The van der Waals surface area contributed by atoms with Gasteiger partial charge in [-0.3, -0.25) is 14.5 Å². The van der Waals surface area contributed by atoms with Gasteiger partial charge in [-0.05, 0) is 39.3 Å². The highest BCUT2D eigenvalue weighted by molar-refractivity contribution is 9.09. The second-order valence-electron chi connectivity index (χ2n) is 11.1. The monoisotopic (exact) mass is 631 g/mol. The number of ether oxygens (including phenoxy) is 4. The van der Waals surface area contributed by atoms with E-state index in [9.17, 15) is 19.2 Å². The Labute approximate surface area is 246 Å². The molecule has 4 atom stereocenters. The van der Waals surface area contributed by atoms with Gasteiger partial charge >= 0.3 is 12.1 Å². The number of pyridine rings is 1. The zero-order valence-electron chi connectivity index (χ0n) is 23.7. The third-order valence-electron chi connectivity index (χ3n) is 7.07. The van der Waals surface area contributed by atoms with Crippen molar-refractivity contribution >= 4 is 50.6 Å². The van der Waals surface area contributed by atoms with Crippen molar-refractivity contribution in [1.82, 2.24) is 15.2 Å². The second kappa shape index (κ2) is 11.7. The number of methoxy groups -OCH3 is 2. The largest absolute Gasteiger partial charge is 0.497 e. The van der Waals surface area contributed by atoms with E-state index >= 15 is 0 Å². The molecular formula is C29H34BrN3O8. The highest BCUT2D eigenvalue weighted by Gasteiger charge is 2.62. The van der Waals surface area contributed by atoms with Gasteiger partial charge in [-0.1, -0.05) is 22.0 Å². The van der Waals surface area contributed by atoms with Crippen LogP contribution in [-0.2, 0) is 19.1 Å². The van der Waals surface area contributed by atoms with Crippen LogP contribution in [-0.4, -0.2) is 83.0 Å².